The van der Waals surface area contributed by atoms with Gasteiger partial charge in [-0.3, -0.25) is 100 Å². The molecule has 30 atom stereocenters. The summed E-state index contributed by atoms with van der Waals surface area (Å²) in [6.07, 6.45) is -20.9. The number of nitrogen functional groups attached to an aromatic ring is 1. The number of H-pyrrole nitrogens is 5. The number of hydrogen-bond donors (Lipinski definition) is 14. The van der Waals surface area contributed by atoms with Crippen LogP contribution >= 0.6 is 59.4 Å². The van der Waals surface area contributed by atoms with E-state index in [-0.39, 0.29) is 77.0 Å². The number of carbonyl (C=O) groups is 2. The standard InChI is InChI=1S/C73H100N17O40P7S7/c1-10-38-39(11-51(117-38)84-17-31(2)61(91)78-68(84)97)125-132(104,139)111-26-49-44(16-56(122-49)90-30-77-57-59(74)75-29-76-60(57)90)129-135(107,142)114-24-46-41(13-53(119-46)86-19-33(4)63(93)80-70(86)99)126-134(106,141)113-25-47-42(14-54(120-47)87-20-34(5)64(94)81-71(87)100)128-136(108,143)116-28-50-58(37(8)67(123-50)89-22-36(7)66(96)83-73(89)102)130-137(109,144)115-27-48-43(15-55(121-48)88-21-35(6)65(95)82-72(88)101)127-133(105,140)112-23-45-40(124-131(103,138)110-9)12-52(118-45)85-18-32(3)62(92)79-69(85)98/h17,19-22,29-30,32,37-56,58,67H,10-16,18,23-28H2,1-9H3,(H,103,138)(H,104,139)(H,105,140)(H,106,141)(H,107,142)(H,108,143)(H,109,144)(H2,74,75,76)(H,78,91,97)(H,79,92,98)(H,80,93,99)(H,81,94,100)(H,82,95,101)(H,83,96,102)/t32?,37-,38+,39?,40?,41?,42?,43?,44?,45+,46+,47+,48+,49+,50+,51+,52+,53+,54+,55+,56+,58?,67+,131?,132?,133?,134?,135?,136?,137?/m0/s1. The van der Waals surface area contributed by atoms with Crippen LogP contribution in [0.2, 0.25) is 0 Å². The first kappa shape index (κ1) is 112. The smallest absolute Gasteiger partial charge is 0.382 e. The van der Waals surface area contributed by atoms with Gasteiger partial charge in [-0.05, 0) is 112 Å². The number of hydrogen-bond acceptors (Lipinski definition) is 44. The van der Waals surface area contributed by atoms with Crippen LogP contribution in [-0.4, -0.2) is 258 Å². The maximum absolute atomic E-state index is 14.9. The van der Waals surface area contributed by atoms with Crippen molar-refractivity contribution < 1.29 is 140 Å². The van der Waals surface area contributed by atoms with Crippen LogP contribution in [0, 0.1) is 46.5 Å². The molecule has 0 aromatic carbocycles. The van der Waals surface area contributed by atoms with Gasteiger partial charge in [0.15, 0.2) is 11.5 Å². The van der Waals surface area contributed by atoms with E-state index in [0.717, 1.165) is 44.0 Å². The van der Waals surface area contributed by atoms with Gasteiger partial charge < -0.3 is 123 Å². The van der Waals surface area contributed by atoms with Crippen molar-refractivity contribution in [2.24, 2.45) is 11.8 Å². The highest BCUT2D eigenvalue weighted by Gasteiger charge is 2.54. The minimum absolute atomic E-state index is 0.0119. The first-order chi connectivity index (χ1) is 67.5. The number of thiol groups is 1. The average molecular weight is 2300 g/mol. The number of aromatic amines is 5. The molecule has 15 heterocycles. The molecule has 794 valence electrons. The molecule has 0 aliphatic carbocycles. The molecule has 71 heteroatoms. The van der Waals surface area contributed by atoms with Crippen LogP contribution in [0.4, 0.5) is 10.6 Å². The summed E-state index contributed by atoms with van der Waals surface area (Å²) in [7, 11) is 1.09. The van der Waals surface area contributed by atoms with Crippen LogP contribution in [0.15, 0.2) is 91.6 Å². The lowest BCUT2D eigenvalue weighted by atomic mass is 10.0. The van der Waals surface area contributed by atoms with Crippen LogP contribution in [0.25, 0.3) is 11.2 Å². The molecule has 14 N–H and O–H groups in total. The van der Waals surface area contributed by atoms with Crippen molar-refractivity contribution in [3.63, 3.8) is 0 Å². The van der Waals surface area contributed by atoms with E-state index < -0.39 is 309 Å². The number of aryl methyl sites for hydroxylation is 5. The predicted octanol–water partition coefficient (Wildman–Crippen LogP) is 1.17. The molecule has 3 amide bonds. The lowest BCUT2D eigenvalue weighted by molar-refractivity contribution is -0.128. The number of anilines is 1. The van der Waals surface area contributed by atoms with E-state index in [1.165, 1.54) is 80.6 Å². The lowest BCUT2D eigenvalue weighted by Gasteiger charge is -2.34. The quantitative estimate of drug-likeness (QED) is 0.0189. The van der Waals surface area contributed by atoms with Crippen molar-refractivity contribution in [3.8, 4) is 0 Å². The maximum Gasteiger partial charge on any atom is 0.386 e. The van der Waals surface area contributed by atoms with Gasteiger partial charge >= 0.3 is 81.6 Å². The van der Waals surface area contributed by atoms with E-state index in [9.17, 15) is 91.5 Å². The van der Waals surface area contributed by atoms with Crippen LogP contribution in [0.1, 0.15) is 131 Å². The summed E-state index contributed by atoms with van der Waals surface area (Å²) < 4.78 is 149. The van der Waals surface area contributed by atoms with Gasteiger partial charge in [0.1, 0.15) is 104 Å². The Morgan fingerprint density at radius 2 is 0.729 bits per heavy atom. The Kier molecular flexibility index (Phi) is 35.2. The van der Waals surface area contributed by atoms with E-state index >= 15 is 0 Å². The molecule has 7 aromatic rings. The number of aromatic nitrogens is 14. The Bertz CT molecular complexity index is 7070. The number of fused-ring (bicyclic) bond motifs is 1. The van der Waals surface area contributed by atoms with Gasteiger partial charge in [0.05, 0.1) is 88.5 Å². The van der Waals surface area contributed by atoms with Crippen LogP contribution in [0.5, 0.6) is 0 Å². The second kappa shape index (κ2) is 45.2. The summed E-state index contributed by atoms with van der Waals surface area (Å²) in [6, 6.07) is -0.804. The van der Waals surface area contributed by atoms with Crippen LogP contribution in [0.3, 0.4) is 0 Å². The van der Waals surface area contributed by atoms with Crippen molar-refractivity contribution >= 4 is 159 Å². The van der Waals surface area contributed by atoms with Crippen LogP contribution in [-0.2, 0) is 177 Å². The van der Waals surface area contributed by atoms with Gasteiger partial charge in [-0.2, -0.15) is 0 Å². The highest BCUT2D eigenvalue weighted by molar-refractivity contribution is 8.44. The third-order valence-corrected chi connectivity index (χ3v) is 35.6. The zero-order valence-electron chi connectivity index (χ0n) is 76.9. The number of imidazole rings is 1. The first-order valence-electron chi connectivity index (χ1n) is 43.8. The zero-order valence-corrected chi connectivity index (χ0v) is 88.9. The molecule has 0 spiro atoms. The van der Waals surface area contributed by atoms with Gasteiger partial charge in [-0.15, -0.1) is 0 Å². The minimum Gasteiger partial charge on any atom is -0.382 e. The number of ether oxygens (including phenoxy) is 7. The summed E-state index contributed by atoms with van der Waals surface area (Å²) in [4.78, 5) is 252. The molecule has 7 aromatic heterocycles. The molecule has 15 rings (SSSR count). The van der Waals surface area contributed by atoms with Gasteiger partial charge in [-0.25, -0.2) is 48.3 Å². The fraction of sp³-hybridized carbons (Fsp3) is 0.630. The maximum atomic E-state index is 14.9. The molecule has 8 fully saturated rings. The van der Waals surface area contributed by atoms with Gasteiger partial charge in [0.25, 0.3) is 27.8 Å². The Morgan fingerprint density at radius 1 is 0.417 bits per heavy atom. The molecule has 8 aliphatic heterocycles. The summed E-state index contributed by atoms with van der Waals surface area (Å²) in [6.45, 7) is -25.1. The fourth-order valence-electron chi connectivity index (χ4n) is 17.0. The third-order valence-electron chi connectivity index (χ3n) is 24.3. The molecular formula is C73H100N17O40P7S7. The van der Waals surface area contributed by atoms with E-state index in [0.29, 0.717) is 6.42 Å². The molecule has 57 nitrogen and oxygen atoms in total. The molecule has 15 unspecified atom stereocenters. The van der Waals surface area contributed by atoms with Gasteiger partial charge in [-0.1, -0.05) is 33.0 Å². The second-order valence-corrected chi connectivity index (χ2v) is 54.2. The largest absolute Gasteiger partial charge is 0.386 e. The number of nitrogens with one attached hydrogen (secondary N) is 6. The van der Waals surface area contributed by atoms with Crippen LogP contribution < -0.4 is 67.3 Å². The molecular weight excluding hydrogens is 2200 g/mol. The molecule has 0 radical (unpaired) electrons. The van der Waals surface area contributed by atoms with Crippen molar-refractivity contribution in [3.05, 3.63) is 176 Å². The monoisotopic (exact) mass is 2300 g/mol. The summed E-state index contributed by atoms with van der Waals surface area (Å²) in [5.74, 6) is -2.34. The van der Waals surface area contributed by atoms with E-state index in [4.69, 9.17) is 173 Å². The Labute approximate surface area is 847 Å². The van der Waals surface area contributed by atoms with E-state index in [1.54, 1.807) is 13.8 Å². The normalized spacial score (nSPS) is 31.3. The van der Waals surface area contributed by atoms with Crippen molar-refractivity contribution in [1.29, 1.82) is 0 Å². The molecule has 0 bridgehead atoms. The van der Waals surface area contributed by atoms with E-state index in [1.807, 2.05) is 0 Å². The molecule has 8 saturated heterocycles. The first-order valence-corrected chi connectivity index (χ1v) is 62.0. The number of nitrogens with two attached hydrogens (primary N) is 1. The van der Waals surface area contributed by atoms with Gasteiger partial charge in [0.2, 0.25) is 5.91 Å². The topological polar surface area (TPSA) is 726 Å². The number of carbonyl (C=O) groups excluding carboxylic acids is 2. The van der Waals surface area contributed by atoms with Crippen molar-refractivity contribution in [1.82, 2.24) is 77.5 Å². The number of amides is 3. The predicted molar refractivity (Wildman–Crippen MR) is 521 cm³/mol. The van der Waals surface area contributed by atoms with Crippen molar-refractivity contribution in [2.45, 2.75) is 229 Å². The Morgan fingerprint density at radius 3 is 1.11 bits per heavy atom. The molecule has 8 aliphatic rings. The average Bonchev–Trinajstić information content (AvgIpc) is 1.64. The number of urea groups is 1. The second-order valence-electron chi connectivity index (χ2n) is 34.5. The molecule has 0 saturated carbocycles. The van der Waals surface area contributed by atoms with Gasteiger partial charge in [0, 0.05) is 117 Å². The van der Waals surface area contributed by atoms with Crippen molar-refractivity contribution in [2.75, 3.05) is 59.0 Å². The number of nitrogens with zero attached hydrogens (tertiary/aromatic N) is 10. The highest BCUT2D eigenvalue weighted by Crippen LogP contribution is 2.61. The Hall–Kier alpha value is -5.91. The third kappa shape index (κ3) is 26.7. The Balaban J connectivity index is 0.637. The fourth-order valence-corrected chi connectivity index (χ4v) is 26.9. The summed E-state index contributed by atoms with van der Waals surface area (Å²) >= 11 is 37.5. The number of rotatable bonds is 41. The lowest BCUT2D eigenvalue weighted by Crippen LogP contribution is -2.57. The minimum atomic E-state index is -4.83. The van der Waals surface area contributed by atoms with E-state index in [2.05, 4.69) is 57.4 Å². The molecule has 144 heavy (non-hydrogen) atoms. The highest BCUT2D eigenvalue weighted by atomic mass is 32.7. The number of imide groups is 1. The zero-order chi connectivity index (χ0) is 104. The summed E-state index contributed by atoms with van der Waals surface area (Å²) in [5.41, 5.74) is -1.53. The SMILES string of the molecule is CC[C@H]1O[C@@H](n2cc(C)c(=O)[nH]c2=O)CC1OP(O)(=S)OC[C@H]1O[C@@H](n2cnc3c(N)ncnc32)CC1OP(=O)(S)OC[C@H]1O[C@@H](n2cc(C)c(=O)[nH]c2=O)CC1OP(O)(=S)OC[C@H]1O[C@@H](n2cc(C)c(=O)[nH]c2=O)CC1OP(O)(=S)OC[C@H]1O[C@@H](n2cc(C)c(=O)[nH]c2=O)[C@@H](C)C1OP(O)(=S)OC[C@H]1O[C@@H](n2cc(C)c(=O)[nH]c2=O)CC1OP(O)(=S)OC[C@H]1O[C@@H](N2CC(C)C(=O)NC2=O)CC1OP(O)(=S)OC. The summed E-state index contributed by atoms with van der Waals surface area (Å²) in [5, 5.41) is 2.23.